The van der Waals surface area contributed by atoms with Gasteiger partial charge < -0.3 is 10.6 Å². The molecule has 0 radical (unpaired) electrons. The van der Waals surface area contributed by atoms with Crippen LogP contribution in [-0.2, 0) is 0 Å². The summed E-state index contributed by atoms with van der Waals surface area (Å²) in [6.45, 7) is 0.632. The lowest BCUT2D eigenvalue weighted by Gasteiger charge is -2.20. The Kier molecular flexibility index (Phi) is 6.12. The molecule has 0 aliphatic rings. The van der Waals surface area contributed by atoms with Crippen LogP contribution in [0.1, 0.15) is 17.0 Å². The Morgan fingerprint density at radius 2 is 1.41 bits per heavy atom. The number of thiocarbonyl (C=S) groups is 1. The summed E-state index contributed by atoms with van der Waals surface area (Å²) in [5, 5.41) is 17.5. The van der Waals surface area contributed by atoms with Crippen LogP contribution >= 0.6 is 12.2 Å². The molecule has 0 fully saturated rings. The summed E-state index contributed by atoms with van der Waals surface area (Å²) in [6.07, 6.45) is 0. The SMILES string of the molecule is O=[N+]([O-])c1ccc(NC(=S)NCC(c2ccccc2)c2ccccc2)cc1. The lowest BCUT2D eigenvalue weighted by Crippen LogP contribution is -2.32. The summed E-state index contributed by atoms with van der Waals surface area (Å²) in [4.78, 5) is 10.3. The molecule has 3 rings (SSSR count). The van der Waals surface area contributed by atoms with Gasteiger partial charge in [0.2, 0.25) is 0 Å². The van der Waals surface area contributed by atoms with Crippen molar-refractivity contribution in [1.82, 2.24) is 5.32 Å². The average molecular weight is 377 g/mol. The molecular weight excluding hydrogens is 358 g/mol. The van der Waals surface area contributed by atoms with E-state index >= 15 is 0 Å². The second kappa shape index (κ2) is 8.91. The molecule has 3 aromatic carbocycles. The van der Waals surface area contributed by atoms with Crippen LogP contribution in [0.4, 0.5) is 11.4 Å². The molecule has 0 aliphatic carbocycles. The van der Waals surface area contributed by atoms with Crippen molar-refractivity contribution in [3.05, 3.63) is 106 Å². The van der Waals surface area contributed by atoms with Crippen molar-refractivity contribution in [3.63, 3.8) is 0 Å². The largest absolute Gasteiger partial charge is 0.361 e. The van der Waals surface area contributed by atoms with Gasteiger partial charge in [-0.15, -0.1) is 0 Å². The molecule has 136 valence electrons. The number of nitro groups is 1. The first kappa shape index (κ1) is 18.5. The zero-order valence-corrected chi connectivity index (χ0v) is 15.4. The van der Waals surface area contributed by atoms with E-state index in [9.17, 15) is 10.1 Å². The minimum absolute atomic E-state index is 0.0487. The number of hydrogen-bond donors (Lipinski definition) is 2. The first-order valence-corrected chi connectivity index (χ1v) is 8.93. The highest BCUT2D eigenvalue weighted by atomic mass is 32.1. The summed E-state index contributed by atoms with van der Waals surface area (Å²) < 4.78 is 0. The van der Waals surface area contributed by atoms with E-state index in [2.05, 4.69) is 34.9 Å². The second-order valence-corrected chi connectivity index (χ2v) is 6.42. The van der Waals surface area contributed by atoms with Crippen LogP contribution < -0.4 is 10.6 Å². The van der Waals surface area contributed by atoms with Gasteiger partial charge in [-0.3, -0.25) is 10.1 Å². The maximum absolute atomic E-state index is 10.7. The topological polar surface area (TPSA) is 67.2 Å². The third-order valence-electron chi connectivity index (χ3n) is 4.21. The van der Waals surface area contributed by atoms with E-state index in [1.54, 1.807) is 12.1 Å². The Hall–Kier alpha value is -3.25. The van der Waals surface area contributed by atoms with Crippen LogP contribution in [0.5, 0.6) is 0 Å². The van der Waals surface area contributed by atoms with Gasteiger partial charge in [0.15, 0.2) is 5.11 Å². The summed E-state index contributed by atoms with van der Waals surface area (Å²) in [7, 11) is 0. The number of non-ortho nitro benzene ring substituents is 1. The number of benzene rings is 3. The normalized spacial score (nSPS) is 10.4. The van der Waals surface area contributed by atoms with Gasteiger partial charge in [0.25, 0.3) is 5.69 Å². The number of nitrogens with one attached hydrogen (secondary N) is 2. The van der Waals surface area contributed by atoms with Crippen molar-refractivity contribution >= 4 is 28.7 Å². The minimum atomic E-state index is -0.426. The van der Waals surface area contributed by atoms with Gasteiger partial charge >= 0.3 is 0 Å². The smallest absolute Gasteiger partial charge is 0.269 e. The molecule has 0 bridgehead atoms. The van der Waals surface area contributed by atoms with Gasteiger partial charge in [-0.05, 0) is 35.5 Å². The highest BCUT2D eigenvalue weighted by molar-refractivity contribution is 7.80. The number of nitrogens with zero attached hydrogens (tertiary/aromatic N) is 1. The van der Waals surface area contributed by atoms with Gasteiger partial charge in [-0.2, -0.15) is 0 Å². The molecule has 0 amide bonds. The Morgan fingerprint density at radius 1 is 0.889 bits per heavy atom. The molecule has 0 aromatic heterocycles. The van der Waals surface area contributed by atoms with Crippen LogP contribution in [0.25, 0.3) is 0 Å². The zero-order valence-electron chi connectivity index (χ0n) is 14.5. The molecule has 0 aliphatic heterocycles. The summed E-state index contributed by atoms with van der Waals surface area (Å²) in [5.41, 5.74) is 3.16. The summed E-state index contributed by atoms with van der Waals surface area (Å²) in [5.74, 6) is 0.156. The van der Waals surface area contributed by atoms with E-state index in [0.29, 0.717) is 17.3 Å². The van der Waals surface area contributed by atoms with Crippen molar-refractivity contribution < 1.29 is 4.92 Å². The lowest BCUT2D eigenvalue weighted by atomic mass is 9.91. The number of rotatable bonds is 6. The fraction of sp³-hybridized carbons (Fsp3) is 0.0952. The molecule has 5 nitrogen and oxygen atoms in total. The maximum atomic E-state index is 10.7. The number of hydrogen-bond acceptors (Lipinski definition) is 3. The Balaban J connectivity index is 1.66. The van der Waals surface area contributed by atoms with E-state index in [1.165, 1.54) is 23.3 Å². The summed E-state index contributed by atoms with van der Waals surface area (Å²) >= 11 is 5.38. The Morgan fingerprint density at radius 3 is 1.89 bits per heavy atom. The van der Waals surface area contributed by atoms with Crippen LogP contribution in [0.3, 0.4) is 0 Å². The lowest BCUT2D eigenvalue weighted by molar-refractivity contribution is -0.384. The fourth-order valence-electron chi connectivity index (χ4n) is 2.84. The van der Waals surface area contributed by atoms with E-state index in [1.807, 2.05) is 36.4 Å². The van der Waals surface area contributed by atoms with Crippen LogP contribution in [0.2, 0.25) is 0 Å². The molecule has 0 saturated heterocycles. The third-order valence-corrected chi connectivity index (χ3v) is 4.45. The highest BCUT2D eigenvalue weighted by Crippen LogP contribution is 2.23. The van der Waals surface area contributed by atoms with Crippen molar-refractivity contribution in [2.75, 3.05) is 11.9 Å². The van der Waals surface area contributed by atoms with Gasteiger partial charge in [0.05, 0.1) is 4.92 Å². The summed E-state index contributed by atoms with van der Waals surface area (Å²) in [6, 6.07) is 26.7. The monoisotopic (exact) mass is 377 g/mol. The molecule has 0 atom stereocenters. The second-order valence-electron chi connectivity index (χ2n) is 6.01. The zero-order chi connectivity index (χ0) is 19.1. The van der Waals surface area contributed by atoms with E-state index < -0.39 is 4.92 Å². The van der Waals surface area contributed by atoms with Gasteiger partial charge in [0, 0.05) is 30.3 Å². The molecule has 2 N–H and O–H groups in total. The standard InChI is InChI=1S/C21H19N3O2S/c25-24(26)19-13-11-18(12-14-19)23-21(27)22-15-20(16-7-3-1-4-8-16)17-9-5-2-6-10-17/h1-14,20H,15H2,(H2,22,23,27). The first-order chi connectivity index (χ1) is 13.1. The molecule has 0 spiro atoms. The van der Waals surface area contributed by atoms with Crippen molar-refractivity contribution in [1.29, 1.82) is 0 Å². The van der Waals surface area contributed by atoms with E-state index in [-0.39, 0.29) is 11.6 Å². The average Bonchev–Trinajstić information content (AvgIpc) is 2.70. The number of anilines is 1. The Bertz CT molecular complexity index is 860. The first-order valence-electron chi connectivity index (χ1n) is 8.52. The minimum Gasteiger partial charge on any atom is -0.361 e. The van der Waals surface area contributed by atoms with E-state index in [0.717, 1.165) is 0 Å². The number of nitro benzene ring substituents is 1. The maximum Gasteiger partial charge on any atom is 0.269 e. The quantitative estimate of drug-likeness (QED) is 0.370. The van der Waals surface area contributed by atoms with Crippen LogP contribution in [0.15, 0.2) is 84.9 Å². The molecule has 0 unspecified atom stereocenters. The highest BCUT2D eigenvalue weighted by Gasteiger charge is 2.14. The molecule has 0 saturated carbocycles. The molecular formula is C21H19N3O2S. The van der Waals surface area contributed by atoms with Crippen LogP contribution in [0, 0.1) is 10.1 Å². The molecule has 6 heteroatoms. The molecule has 3 aromatic rings. The van der Waals surface area contributed by atoms with Crippen LogP contribution in [-0.4, -0.2) is 16.6 Å². The molecule has 0 heterocycles. The van der Waals surface area contributed by atoms with Gasteiger partial charge in [-0.1, -0.05) is 60.7 Å². The van der Waals surface area contributed by atoms with Gasteiger partial charge in [0.1, 0.15) is 0 Å². The Labute approximate surface area is 163 Å². The molecule has 27 heavy (non-hydrogen) atoms. The third kappa shape index (κ3) is 5.12. The predicted octanol–water partition coefficient (Wildman–Crippen LogP) is 4.71. The van der Waals surface area contributed by atoms with E-state index in [4.69, 9.17) is 12.2 Å². The van der Waals surface area contributed by atoms with Gasteiger partial charge in [-0.25, -0.2) is 0 Å². The predicted molar refractivity (Wildman–Crippen MR) is 112 cm³/mol. The van der Waals surface area contributed by atoms with Crippen molar-refractivity contribution in [2.45, 2.75) is 5.92 Å². The fourth-order valence-corrected chi connectivity index (χ4v) is 3.04. The van der Waals surface area contributed by atoms with Crippen molar-refractivity contribution in [3.8, 4) is 0 Å². The van der Waals surface area contributed by atoms with Crippen molar-refractivity contribution in [2.24, 2.45) is 0 Å².